The third kappa shape index (κ3) is 4.96. The number of allylic oxidation sites excluding steroid dienone is 1. The summed E-state index contributed by atoms with van der Waals surface area (Å²) < 4.78 is 4.00. The summed E-state index contributed by atoms with van der Waals surface area (Å²) >= 11 is 9.35. The molecule has 0 bridgehead atoms. The van der Waals surface area contributed by atoms with E-state index in [9.17, 15) is 25.0 Å². The van der Waals surface area contributed by atoms with E-state index in [4.69, 9.17) is 17.3 Å². The molecule has 16 heteroatoms. The second-order valence-electron chi connectivity index (χ2n) is 6.34. The average Bonchev–Trinajstić information content (AvgIpc) is 3.39. The van der Waals surface area contributed by atoms with Gasteiger partial charge in [-0.15, -0.1) is 11.8 Å². The van der Waals surface area contributed by atoms with Gasteiger partial charge in [0.05, 0.1) is 0 Å². The molecule has 1 fully saturated rings. The number of nitrogens with two attached hydrogens (primary N) is 1. The molecule has 0 radical (unpaired) electrons. The van der Waals surface area contributed by atoms with Gasteiger partial charge in [0.2, 0.25) is 0 Å². The summed E-state index contributed by atoms with van der Waals surface area (Å²) in [6.07, 6.45) is 4.98. The molecule has 4 heterocycles. The molecule has 0 aliphatic carbocycles. The van der Waals surface area contributed by atoms with Gasteiger partial charge in [-0.25, -0.2) is 14.2 Å². The Labute approximate surface area is 225 Å². The van der Waals surface area contributed by atoms with Crippen molar-refractivity contribution < 1.29 is 54.6 Å². The van der Waals surface area contributed by atoms with Crippen LogP contribution in [0.4, 0.5) is 5.13 Å². The van der Waals surface area contributed by atoms with Crippen LogP contribution in [0.15, 0.2) is 39.8 Å². The molecule has 1 saturated heterocycles. The van der Waals surface area contributed by atoms with Crippen LogP contribution in [0.25, 0.3) is 6.08 Å². The molecule has 0 aromatic carbocycles. The summed E-state index contributed by atoms with van der Waals surface area (Å²) in [4.78, 5) is 34.2. The Morgan fingerprint density at radius 2 is 2.18 bits per heavy atom. The summed E-state index contributed by atoms with van der Waals surface area (Å²) in [5.74, 6) is -2.64. The van der Waals surface area contributed by atoms with Crippen LogP contribution in [0.2, 0.25) is 4.34 Å². The number of thioether (sulfide) groups is 1. The number of carbonyl (C=O) groups is 2. The van der Waals surface area contributed by atoms with Crippen molar-refractivity contribution >= 4 is 80.9 Å². The molecule has 2 aliphatic rings. The summed E-state index contributed by atoms with van der Waals surface area (Å²) in [6, 6.07) is 0.638. The number of hydrogen-bond donors (Lipinski definition) is 3. The number of aromatic nitrogens is 2. The van der Waals surface area contributed by atoms with E-state index in [-0.39, 0.29) is 50.4 Å². The predicted molar refractivity (Wildman–Crippen MR) is 120 cm³/mol. The van der Waals surface area contributed by atoms with Gasteiger partial charge in [-0.3, -0.25) is 14.7 Å². The van der Waals surface area contributed by atoms with Gasteiger partial charge in [0.25, 0.3) is 5.91 Å². The molecule has 0 spiro atoms. The normalized spacial score (nSPS) is 21.1. The molecule has 0 saturated carbocycles. The van der Waals surface area contributed by atoms with E-state index in [1.165, 1.54) is 23.3 Å². The van der Waals surface area contributed by atoms with Crippen molar-refractivity contribution in [2.45, 2.75) is 11.4 Å². The largest absolute Gasteiger partial charge is 1.00 e. The topological polar surface area (TPSA) is 177 Å². The first-order valence-corrected chi connectivity index (χ1v) is 11.7. The molecular weight excluding hydrogens is 523 g/mol. The number of aliphatic imine (C=N–C) groups is 1. The first-order chi connectivity index (χ1) is 15.3. The van der Waals surface area contributed by atoms with E-state index in [2.05, 4.69) is 19.5 Å². The van der Waals surface area contributed by atoms with E-state index in [1.54, 1.807) is 24.4 Å². The predicted octanol–water partition coefficient (Wildman–Crippen LogP) is -1.89. The number of thiazole rings is 1. The Morgan fingerprint density at radius 1 is 1.42 bits per heavy atom. The van der Waals surface area contributed by atoms with Crippen LogP contribution in [0.1, 0.15) is 10.6 Å². The number of carboxylic acids is 1. The van der Waals surface area contributed by atoms with E-state index in [0.717, 1.165) is 21.1 Å². The molecule has 4 N–H and O–H groups in total. The van der Waals surface area contributed by atoms with Gasteiger partial charge in [0.15, 0.2) is 11.2 Å². The second kappa shape index (κ2) is 10.5. The van der Waals surface area contributed by atoms with E-state index in [0.29, 0.717) is 11.3 Å². The third-order valence-electron chi connectivity index (χ3n) is 4.46. The minimum Gasteiger partial charge on any atom is -0.857 e. The first kappa shape index (κ1) is 25.7. The minimum atomic E-state index is -1.26. The molecular formula is C17H12ClN6NaO5S3. The van der Waals surface area contributed by atoms with Crippen LogP contribution >= 0.6 is 46.2 Å². The van der Waals surface area contributed by atoms with E-state index < -0.39 is 34.9 Å². The number of nitrogens with zero attached hydrogens (tertiary/aromatic N) is 5. The number of β-lactam (4-membered cyclic amide) rings is 1. The van der Waals surface area contributed by atoms with Gasteiger partial charge in [-0.2, -0.15) is 0 Å². The van der Waals surface area contributed by atoms with Crippen molar-refractivity contribution in [3.05, 3.63) is 44.5 Å². The number of carbonyl (C=O) groups excluding carboxylic acids is 1. The zero-order chi connectivity index (χ0) is 23.0. The molecule has 11 nitrogen and oxygen atoms in total. The standard InChI is InChI=1S/C17H13ClN6O5S3.Na/c18-12-8(22-17(19)31-12)9(23-29)13(25)21-10-14(26)24-11(16(27)28)6(5-30-15(10)24)1-2-7-3-4-20-32-7;/h1-4,10,15,29H,5H2,(H2,19,22)(H,21,25)(H,27,28);/q;+1/p-1/b2-1+,23-9-;/t10-,15-;/m1./s1. The summed E-state index contributed by atoms with van der Waals surface area (Å²) in [5, 5.41) is 33.8. The van der Waals surface area contributed by atoms with Crippen LogP contribution in [0, 0.1) is 0 Å². The van der Waals surface area contributed by atoms with Gasteiger partial charge in [0.1, 0.15) is 26.8 Å². The Bertz CT molecular complexity index is 1210. The fraction of sp³-hybridized carbons (Fsp3) is 0.176. The Balaban J connectivity index is 0.00000306. The third-order valence-corrected chi connectivity index (χ3v) is 7.55. The van der Waals surface area contributed by atoms with Crippen LogP contribution in [-0.2, 0) is 9.59 Å². The molecule has 2 atom stereocenters. The molecule has 33 heavy (non-hydrogen) atoms. The quantitative estimate of drug-likeness (QED) is 0.0954. The van der Waals surface area contributed by atoms with Crippen LogP contribution in [-0.4, -0.2) is 65.2 Å². The SMILES string of the molecule is Nc1nc(/C(=N/O)C([O-])=N[C@@H]2C(=O)N3C(C(=O)O)=C(/C=C/c4ccns4)CS[C@H]23)c(Cl)s1.[Na+]. The number of hydrogen-bond acceptors (Lipinski definition) is 12. The monoisotopic (exact) mass is 534 g/mol. The fourth-order valence-electron chi connectivity index (χ4n) is 3.07. The number of halogens is 1. The number of aliphatic carboxylic acids is 1. The van der Waals surface area contributed by atoms with Crippen LogP contribution in [0.3, 0.4) is 0 Å². The number of anilines is 1. The van der Waals surface area contributed by atoms with E-state index in [1.807, 2.05) is 0 Å². The van der Waals surface area contributed by atoms with Gasteiger partial charge in [-0.05, 0) is 29.2 Å². The summed E-state index contributed by atoms with van der Waals surface area (Å²) in [5.41, 5.74) is 5.13. The number of rotatable bonds is 6. The van der Waals surface area contributed by atoms with Crippen molar-refractivity contribution in [3.8, 4) is 0 Å². The maximum absolute atomic E-state index is 12.7. The van der Waals surface area contributed by atoms with Gasteiger partial charge in [0, 0.05) is 22.7 Å². The molecule has 1 amide bonds. The average molecular weight is 535 g/mol. The molecule has 2 aromatic rings. The maximum atomic E-state index is 12.7. The fourth-order valence-corrected chi connectivity index (χ4v) is 5.80. The van der Waals surface area contributed by atoms with Gasteiger partial charge >= 0.3 is 35.5 Å². The van der Waals surface area contributed by atoms with Crippen molar-refractivity contribution in [2.24, 2.45) is 10.1 Å². The summed E-state index contributed by atoms with van der Waals surface area (Å²) in [7, 11) is 0. The van der Waals surface area contributed by atoms with Crippen molar-refractivity contribution in [1.29, 1.82) is 0 Å². The minimum absolute atomic E-state index is 0. The van der Waals surface area contributed by atoms with E-state index >= 15 is 0 Å². The number of fused-ring (bicyclic) bond motifs is 1. The molecule has 2 aromatic heterocycles. The Morgan fingerprint density at radius 3 is 2.76 bits per heavy atom. The van der Waals surface area contributed by atoms with Gasteiger partial charge < -0.3 is 21.2 Å². The molecule has 4 rings (SSSR count). The Hall–Kier alpha value is -1.94. The van der Waals surface area contributed by atoms with Crippen molar-refractivity contribution in [2.75, 3.05) is 11.5 Å². The van der Waals surface area contributed by atoms with Crippen LogP contribution in [0.5, 0.6) is 0 Å². The number of carboxylic acid groups (broad SMARTS) is 1. The Kier molecular flexibility index (Phi) is 8.21. The van der Waals surface area contributed by atoms with Crippen LogP contribution < -0.4 is 40.4 Å². The number of nitrogen functional groups attached to an aromatic ring is 1. The van der Waals surface area contributed by atoms with Crippen molar-refractivity contribution in [1.82, 2.24) is 14.3 Å². The van der Waals surface area contributed by atoms with Crippen molar-refractivity contribution in [3.63, 3.8) is 0 Å². The number of amides is 1. The number of oxime groups is 1. The zero-order valence-corrected chi connectivity index (χ0v) is 21.9. The first-order valence-electron chi connectivity index (χ1n) is 8.71. The maximum Gasteiger partial charge on any atom is 1.00 e. The molecule has 2 aliphatic heterocycles. The van der Waals surface area contributed by atoms with Gasteiger partial charge in [-0.1, -0.05) is 34.2 Å². The smallest absolute Gasteiger partial charge is 0.857 e. The zero-order valence-electron chi connectivity index (χ0n) is 16.7. The molecule has 166 valence electrons. The second-order valence-corrected chi connectivity index (χ2v) is 9.94. The summed E-state index contributed by atoms with van der Waals surface area (Å²) in [6.45, 7) is 0. The molecule has 0 unspecified atom stereocenters.